The molecule has 0 radical (unpaired) electrons. The van der Waals surface area contributed by atoms with Crippen molar-refractivity contribution >= 4 is 42.6 Å². The zero-order valence-corrected chi connectivity index (χ0v) is 14.6. The first-order valence-corrected chi connectivity index (χ1v) is 9.15. The zero-order chi connectivity index (χ0) is 15.3. The van der Waals surface area contributed by atoms with Crippen LogP contribution in [-0.4, -0.2) is 35.1 Å². The number of thiazole rings is 1. The highest BCUT2D eigenvalue weighted by molar-refractivity contribution is 7.15. The summed E-state index contributed by atoms with van der Waals surface area (Å²) in [6.07, 6.45) is 1.77. The van der Waals surface area contributed by atoms with E-state index in [1.54, 1.807) is 27.5 Å². The van der Waals surface area contributed by atoms with Gasteiger partial charge in [0.1, 0.15) is 0 Å². The van der Waals surface area contributed by atoms with Crippen LogP contribution in [0.4, 0.5) is 5.69 Å². The summed E-state index contributed by atoms with van der Waals surface area (Å²) in [4.78, 5) is 5.09. The molecule has 0 aliphatic rings. The second-order valence-electron chi connectivity index (χ2n) is 4.18. The van der Waals surface area contributed by atoms with Crippen LogP contribution in [0.15, 0.2) is 30.5 Å². The van der Waals surface area contributed by atoms with E-state index in [0.29, 0.717) is 11.0 Å². The lowest BCUT2D eigenvalue weighted by molar-refractivity contribution is 0.140. The molecule has 0 spiro atoms. The topological polar surface area (TPSA) is 52.6 Å². The van der Waals surface area contributed by atoms with Gasteiger partial charge in [-0.25, -0.2) is 4.98 Å². The van der Waals surface area contributed by atoms with Crippen molar-refractivity contribution in [3.8, 4) is 0 Å². The molecule has 0 unspecified atom stereocenters. The van der Waals surface area contributed by atoms with E-state index in [1.807, 2.05) is 24.3 Å². The van der Waals surface area contributed by atoms with Gasteiger partial charge in [0.15, 0.2) is 4.47 Å². The van der Waals surface area contributed by atoms with E-state index < -0.39 is 8.80 Å². The van der Waals surface area contributed by atoms with Gasteiger partial charge in [-0.1, -0.05) is 23.7 Å². The summed E-state index contributed by atoms with van der Waals surface area (Å²) in [6.45, 7) is 0.686. The van der Waals surface area contributed by atoms with Gasteiger partial charge in [0.25, 0.3) is 0 Å². The molecule has 21 heavy (non-hydrogen) atoms. The minimum absolute atomic E-state index is 0.554. The smallest absolute Gasteiger partial charge is 0.380 e. The van der Waals surface area contributed by atoms with Crippen molar-refractivity contribution in [1.82, 2.24) is 4.98 Å². The summed E-state index contributed by atoms with van der Waals surface area (Å²) in [5, 5.41) is 4.23. The van der Waals surface area contributed by atoms with E-state index >= 15 is 0 Å². The first-order chi connectivity index (χ1) is 10.1. The predicted molar refractivity (Wildman–Crippen MR) is 87.3 cm³/mol. The zero-order valence-electron chi connectivity index (χ0n) is 12.1. The number of benzene rings is 1. The lowest BCUT2D eigenvalue weighted by atomic mass is 10.3. The van der Waals surface area contributed by atoms with Gasteiger partial charge in [0.05, 0.1) is 6.54 Å². The number of rotatable bonds is 7. The Morgan fingerprint density at radius 1 is 1.14 bits per heavy atom. The molecule has 0 bridgehead atoms. The fourth-order valence-electron chi connectivity index (χ4n) is 1.95. The average Bonchev–Trinajstić information content (AvgIpc) is 2.94. The Hall–Kier alpha value is -0.963. The lowest BCUT2D eigenvalue weighted by Gasteiger charge is -2.24. The number of nitrogens with one attached hydrogen (secondary N) is 1. The standard InChI is InChI=1S/C13H17ClN2O3SSi/c1-17-21(18-2,19-3)12-6-4-10(5-7-12)15-8-11-9-16-13(14)20-11/h4-7,9,15H,8H2,1-3H3. The maximum atomic E-state index is 5.80. The molecule has 1 heterocycles. The molecule has 2 aromatic rings. The normalized spacial score (nSPS) is 11.6. The van der Waals surface area contributed by atoms with Gasteiger partial charge < -0.3 is 18.6 Å². The van der Waals surface area contributed by atoms with Crippen molar-refractivity contribution in [2.24, 2.45) is 0 Å². The summed E-state index contributed by atoms with van der Waals surface area (Å²) in [6, 6.07) is 7.84. The van der Waals surface area contributed by atoms with Crippen LogP contribution in [0.1, 0.15) is 4.88 Å². The molecule has 0 saturated heterocycles. The molecule has 0 saturated carbocycles. The number of aromatic nitrogens is 1. The van der Waals surface area contributed by atoms with Gasteiger partial charge in [-0.15, -0.1) is 11.3 Å². The minimum Gasteiger partial charge on any atom is -0.380 e. The van der Waals surface area contributed by atoms with Crippen LogP contribution in [-0.2, 0) is 19.8 Å². The molecule has 8 heteroatoms. The third-order valence-corrected chi connectivity index (χ3v) is 6.80. The maximum absolute atomic E-state index is 5.80. The first-order valence-electron chi connectivity index (χ1n) is 6.23. The summed E-state index contributed by atoms with van der Waals surface area (Å²) >= 11 is 7.27. The molecule has 0 fully saturated rings. The van der Waals surface area contributed by atoms with Crippen LogP contribution < -0.4 is 10.5 Å². The van der Waals surface area contributed by atoms with E-state index in [0.717, 1.165) is 15.8 Å². The predicted octanol–water partition coefficient (Wildman–Crippen LogP) is 2.49. The number of hydrogen-bond donors (Lipinski definition) is 1. The molecular weight excluding hydrogens is 328 g/mol. The van der Waals surface area contributed by atoms with E-state index in [4.69, 9.17) is 24.9 Å². The summed E-state index contributed by atoms with van der Waals surface area (Å²) in [5.41, 5.74) is 0.995. The van der Waals surface area contributed by atoms with Crippen molar-refractivity contribution < 1.29 is 13.3 Å². The van der Waals surface area contributed by atoms with Crippen molar-refractivity contribution in [2.45, 2.75) is 6.54 Å². The van der Waals surface area contributed by atoms with Crippen molar-refractivity contribution in [3.05, 3.63) is 39.8 Å². The van der Waals surface area contributed by atoms with Gasteiger partial charge in [-0.05, 0) is 12.1 Å². The van der Waals surface area contributed by atoms with Crippen LogP contribution in [0.3, 0.4) is 0 Å². The van der Waals surface area contributed by atoms with Crippen molar-refractivity contribution in [2.75, 3.05) is 26.6 Å². The van der Waals surface area contributed by atoms with Crippen LogP contribution in [0.5, 0.6) is 0 Å². The molecular formula is C13H17ClN2O3SSi. The Bertz CT molecular complexity index is 567. The summed E-state index contributed by atoms with van der Waals surface area (Å²) in [7, 11) is 2.04. The largest absolute Gasteiger partial charge is 0.536 e. The van der Waals surface area contributed by atoms with Gasteiger partial charge in [0.2, 0.25) is 0 Å². The highest BCUT2D eigenvalue weighted by Crippen LogP contribution is 2.19. The number of anilines is 1. The van der Waals surface area contributed by atoms with Crippen LogP contribution in [0.2, 0.25) is 4.47 Å². The first kappa shape index (κ1) is 16.4. The molecule has 0 aliphatic carbocycles. The van der Waals surface area contributed by atoms with E-state index in [2.05, 4.69) is 10.3 Å². The minimum atomic E-state index is -2.75. The summed E-state index contributed by atoms with van der Waals surface area (Å²) < 4.78 is 16.9. The summed E-state index contributed by atoms with van der Waals surface area (Å²) in [5.74, 6) is 0. The molecule has 114 valence electrons. The highest BCUT2D eigenvalue weighted by Gasteiger charge is 2.40. The second kappa shape index (κ2) is 7.35. The molecule has 0 amide bonds. The Balaban J connectivity index is 2.04. The van der Waals surface area contributed by atoms with Crippen LogP contribution in [0, 0.1) is 0 Å². The van der Waals surface area contributed by atoms with E-state index in [1.165, 1.54) is 11.3 Å². The molecule has 0 aliphatic heterocycles. The number of hydrogen-bond acceptors (Lipinski definition) is 6. The van der Waals surface area contributed by atoms with E-state index in [9.17, 15) is 0 Å². The average molecular weight is 345 g/mol. The van der Waals surface area contributed by atoms with Gasteiger partial charge in [-0.3, -0.25) is 0 Å². The fraction of sp³-hybridized carbons (Fsp3) is 0.308. The number of nitrogens with zero attached hydrogens (tertiary/aromatic N) is 1. The van der Waals surface area contributed by atoms with Gasteiger partial charge in [0, 0.05) is 43.3 Å². The molecule has 2 rings (SSSR count). The van der Waals surface area contributed by atoms with Crippen LogP contribution >= 0.6 is 22.9 Å². The Labute approximate surface area is 134 Å². The Kier molecular flexibility index (Phi) is 5.74. The van der Waals surface area contributed by atoms with Gasteiger partial charge >= 0.3 is 8.80 Å². The Morgan fingerprint density at radius 3 is 2.24 bits per heavy atom. The molecule has 1 N–H and O–H groups in total. The quantitative estimate of drug-likeness (QED) is 0.782. The van der Waals surface area contributed by atoms with Crippen molar-refractivity contribution in [1.29, 1.82) is 0 Å². The van der Waals surface area contributed by atoms with E-state index in [-0.39, 0.29) is 0 Å². The molecule has 1 aromatic carbocycles. The third kappa shape index (κ3) is 3.82. The molecule has 0 atom stereocenters. The molecule has 5 nitrogen and oxygen atoms in total. The van der Waals surface area contributed by atoms with Crippen LogP contribution in [0.25, 0.3) is 0 Å². The third-order valence-electron chi connectivity index (χ3n) is 3.04. The second-order valence-corrected chi connectivity index (χ2v) is 8.79. The van der Waals surface area contributed by atoms with Gasteiger partial charge in [-0.2, -0.15) is 0 Å². The lowest BCUT2D eigenvalue weighted by Crippen LogP contribution is -2.54. The maximum Gasteiger partial charge on any atom is 0.536 e. The highest BCUT2D eigenvalue weighted by atomic mass is 35.5. The van der Waals surface area contributed by atoms with Crippen molar-refractivity contribution in [3.63, 3.8) is 0 Å². The fourth-order valence-corrected chi connectivity index (χ4v) is 4.65. The SMILES string of the molecule is CO[Si](OC)(OC)c1ccc(NCc2cnc(Cl)s2)cc1. The number of halogens is 1. The monoisotopic (exact) mass is 344 g/mol. The molecule has 1 aromatic heterocycles. The Morgan fingerprint density at radius 2 is 1.76 bits per heavy atom.